The Labute approximate surface area is 285 Å². The van der Waals surface area contributed by atoms with Crippen LogP contribution in [-0.4, -0.2) is 14.5 Å². The lowest BCUT2D eigenvalue weighted by atomic mass is 9.92. The molecule has 9 rings (SSSR count). The maximum atomic E-state index is 6.89. The van der Waals surface area contributed by atoms with Crippen LogP contribution in [0.25, 0.3) is 82.8 Å². The van der Waals surface area contributed by atoms with Gasteiger partial charge >= 0.3 is 0 Å². The number of para-hydroxylation sites is 2. The van der Waals surface area contributed by atoms with E-state index < -0.39 is 0 Å². The lowest BCUT2D eigenvalue weighted by Gasteiger charge is -2.22. The molecule has 4 nitrogen and oxygen atoms in total. The third-order valence-corrected chi connectivity index (χ3v) is 10.1. The molecular weight excluding hydrogens is 599 g/mol. The van der Waals surface area contributed by atoms with Crippen molar-refractivity contribution in [3.05, 3.63) is 138 Å². The molecule has 0 amide bonds. The van der Waals surface area contributed by atoms with Crippen molar-refractivity contribution in [2.24, 2.45) is 0 Å². The number of pyridine rings is 1. The van der Waals surface area contributed by atoms with Crippen LogP contribution in [0.15, 0.2) is 126 Å². The SMILES string of the molecule is Cc1nc(-c2ccccc2)cc2c1nc(-c1cccc3c1oc1cc4c(ccc5ccccc54)cc13)n2-c1c(C(C)C)cccc1C(C)C. The number of rotatable bonds is 5. The zero-order valence-electron chi connectivity index (χ0n) is 28.5. The van der Waals surface area contributed by atoms with Gasteiger partial charge in [-0.25, -0.2) is 4.98 Å². The Morgan fingerprint density at radius 1 is 0.592 bits per heavy atom. The number of furan rings is 1. The fourth-order valence-corrected chi connectivity index (χ4v) is 7.64. The van der Waals surface area contributed by atoms with E-state index in [0.29, 0.717) is 11.8 Å². The van der Waals surface area contributed by atoms with Gasteiger partial charge in [0, 0.05) is 16.3 Å². The van der Waals surface area contributed by atoms with E-state index in [2.05, 4.69) is 154 Å². The van der Waals surface area contributed by atoms with Crippen molar-refractivity contribution in [1.82, 2.24) is 14.5 Å². The highest BCUT2D eigenvalue weighted by Crippen LogP contribution is 2.43. The van der Waals surface area contributed by atoms with Crippen LogP contribution in [0.1, 0.15) is 56.4 Å². The fraction of sp³-hybridized carbons (Fsp3) is 0.156. The Morgan fingerprint density at radius 3 is 2.06 bits per heavy atom. The minimum Gasteiger partial charge on any atom is -0.455 e. The Balaban J connectivity index is 1.40. The predicted octanol–water partition coefficient (Wildman–Crippen LogP) is 12.5. The van der Waals surface area contributed by atoms with Gasteiger partial charge < -0.3 is 4.42 Å². The third kappa shape index (κ3) is 4.58. The van der Waals surface area contributed by atoms with Gasteiger partial charge in [-0.05, 0) is 75.7 Å². The van der Waals surface area contributed by atoms with Gasteiger partial charge in [0.15, 0.2) is 0 Å². The maximum absolute atomic E-state index is 6.89. The van der Waals surface area contributed by atoms with E-state index in [9.17, 15) is 0 Å². The van der Waals surface area contributed by atoms with Crippen LogP contribution in [0.2, 0.25) is 0 Å². The van der Waals surface area contributed by atoms with Crippen molar-refractivity contribution in [2.75, 3.05) is 0 Å². The minimum atomic E-state index is 0.305. The molecule has 238 valence electrons. The number of benzene rings is 6. The third-order valence-electron chi connectivity index (χ3n) is 10.1. The Hall–Kier alpha value is -5.74. The molecule has 0 aliphatic heterocycles. The smallest absolute Gasteiger partial charge is 0.149 e. The maximum Gasteiger partial charge on any atom is 0.149 e. The van der Waals surface area contributed by atoms with Gasteiger partial charge in [0.05, 0.1) is 28.2 Å². The highest BCUT2D eigenvalue weighted by Gasteiger charge is 2.26. The van der Waals surface area contributed by atoms with Crippen molar-refractivity contribution in [3.63, 3.8) is 0 Å². The lowest BCUT2D eigenvalue weighted by molar-refractivity contribution is 0.670. The quantitative estimate of drug-likeness (QED) is 0.177. The minimum absolute atomic E-state index is 0.305. The zero-order chi connectivity index (χ0) is 33.4. The predicted molar refractivity (Wildman–Crippen MR) is 205 cm³/mol. The van der Waals surface area contributed by atoms with Crippen molar-refractivity contribution in [1.29, 1.82) is 0 Å². The van der Waals surface area contributed by atoms with E-state index in [0.717, 1.165) is 61.3 Å². The summed E-state index contributed by atoms with van der Waals surface area (Å²) in [6.07, 6.45) is 0. The molecule has 3 heterocycles. The highest BCUT2D eigenvalue weighted by atomic mass is 16.3. The average molecular weight is 636 g/mol. The number of nitrogens with zero attached hydrogens (tertiary/aromatic N) is 3. The number of imidazole rings is 1. The molecule has 49 heavy (non-hydrogen) atoms. The second-order valence-electron chi connectivity index (χ2n) is 13.8. The number of aryl methyl sites for hydroxylation is 1. The van der Waals surface area contributed by atoms with Crippen LogP contribution in [0.5, 0.6) is 0 Å². The summed E-state index contributed by atoms with van der Waals surface area (Å²) in [5, 5.41) is 7.05. The van der Waals surface area contributed by atoms with E-state index in [1.54, 1.807) is 0 Å². The first-order valence-corrected chi connectivity index (χ1v) is 17.2. The summed E-state index contributed by atoms with van der Waals surface area (Å²) in [5.41, 5.74) is 11.3. The van der Waals surface area contributed by atoms with Gasteiger partial charge in [-0.15, -0.1) is 0 Å². The molecule has 4 heteroatoms. The Morgan fingerprint density at radius 2 is 1.29 bits per heavy atom. The van der Waals surface area contributed by atoms with Crippen molar-refractivity contribution in [2.45, 2.75) is 46.5 Å². The second-order valence-corrected chi connectivity index (χ2v) is 13.8. The number of fused-ring (bicyclic) bond motifs is 7. The van der Waals surface area contributed by atoms with E-state index in [1.807, 2.05) is 6.07 Å². The van der Waals surface area contributed by atoms with E-state index >= 15 is 0 Å². The largest absolute Gasteiger partial charge is 0.455 e. The standard InChI is InChI=1S/C45H37N3O/c1-26(2)32-17-11-18-33(27(3)4)43(32)48-40-25-39(30-14-7-6-8-15-30)46-28(5)42(40)47-45(48)36-20-12-19-35-38-23-31-22-21-29-13-9-10-16-34(29)37(31)24-41(38)49-44(35)36/h6-27H,1-5H3. The summed E-state index contributed by atoms with van der Waals surface area (Å²) in [6.45, 7) is 11.2. The summed E-state index contributed by atoms with van der Waals surface area (Å²) in [7, 11) is 0. The second kappa shape index (κ2) is 11.2. The number of hydrogen-bond donors (Lipinski definition) is 0. The van der Waals surface area contributed by atoms with E-state index in [1.165, 1.54) is 38.4 Å². The highest BCUT2D eigenvalue weighted by molar-refractivity contribution is 6.17. The average Bonchev–Trinajstić information content (AvgIpc) is 3.69. The molecular formula is C45H37N3O. The number of hydrogen-bond acceptors (Lipinski definition) is 3. The molecule has 0 bridgehead atoms. The zero-order valence-corrected chi connectivity index (χ0v) is 28.5. The van der Waals surface area contributed by atoms with Crippen LogP contribution in [0, 0.1) is 6.92 Å². The number of aromatic nitrogens is 3. The molecule has 0 N–H and O–H groups in total. The Kier molecular flexibility index (Phi) is 6.70. The van der Waals surface area contributed by atoms with Gasteiger partial charge in [-0.2, -0.15) is 0 Å². The first-order chi connectivity index (χ1) is 23.9. The fourth-order valence-electron chi connectivity index (χ4n) is 7.64. The van der Waals surface area contributed by atoms with Crippen LogP contribution >= 0.6 is 0 Å². The summed E-state index contributed by atoms with van der Waals surface area (Å²) in [5.74, 6) is 1.47. The monoisotopic (exact) mass is 635 g/mol. The van der Waals surface area contributed by atoms with Crippen LogP contribution < -0.4 is 0 Å². The van der Waals surface area contributed by atoms with E-state index in [4.69, 9.17) is 14.4 Å². The molecule has 0 aliphatic rings. The molecule has 0 aliphatic carbocycles. The summed E-state index contributed by atoms with van der Waals surface area (Å²) < 4.78 is 9.29. The van der Waals surface area contributed by atoms with Crippen molar-refractivity contribution in [3.8, 4) is 28.3 Å². The molecule has 0 spiro atoms. The Bertz CT molecular complexity index is 2700. The molecule has 0 radical (unpaired) electrons. The molecule has 0 fully saturated rings. The normalized spacial score (nSPS) is 12.1. The van der Waals surface area contributed by atoms with Crippen LogP contribution in [-0.2, 0) is 0 Å². The van der Waals surface area contributed by atoms with Gasteiger partial charge in [0.25, 0.3) is 0 Å². The summed E-state index contributed by atoms with van der Waals surface area (Å²) in [4.78, 5) is 10.5. The molecule has 9 aromatic rings. The molecule has 0 saturated heterocycles. The van der Waals surface area contributed by atoms with Crippen molar-refractivity contribution < 1.29 is 4.42 Å². The molecule has 0 saturated carbocycles. The molecule has 3 aromatic heterocycles. The van der Waals surface area contributed by atoms with Crippen LogP contribution in [0.3, 0.4) is 0 Å². The first-order valence-electron chi connectivity index (χ1n) is 17.2. The van der Waals surface area contributed by atoms with Gasteiger partial charge in [0.2, 0.25) is 0 Å². The topological polar surface area (TPSA) is 43.9 Å². The molecule has 0 atom stereocenters. The summed E-state index contributed by atoms with van der Waals surface area (Å²) in [6, 6.07) is 43.3. The van der Waals surface area contributed by atoms with Gasteiger partial charge in [-0.3, -0.25) is 9.55 Å². The van der Waals surface area contributed by atoms with Gasteiger partial charge in [0.1, 0.15) is 22.5 Å². The van der Waals surface area contributed by atoms with E-state index in [-0.39, 0.29) is 0 Å². The first kappa shape index (κ1) is 29.4. The molecule has 0 unspecified atom stereocenters. The molecule has 6 aromatic carbocycles. The summed E-state index contributed by atoms with van der Waals surface area (Å²) >= 11 is 0. The van der Waals surface area contributed by atoms with Crippen molar-refractivity contribution >= 4 is 54.5 Å². The van der Waals surface area contributed by atoms with Gasteiger partial charge in [-0.1, -0.05) is 125 Å². The lowest BCUT2D eigenvalue weighted by Crippen LogP contribution is -2.08. The van der Waals surface area contributed by atoms with Crippen LogP contribution in [0.4, 0.5) is 0 Å².